The maximum Gasteiger partial charge on any atom is 0.510 e. The van der Waals surface area contributed by atoms with Crippen molar-refractivity contribution in [3.63, 3.8) is 0 Å². The normalized spacial score (nSPS) is 35.9. The Labute approximate surface area is 166 Å². The molecule has 2 aliphatic rings. The highest BCUT2D eigenvalue weighted by Crippen LogP contribution is 2.44. The van der Waals surface area contributed by atoms with E-state index < -0.39 is 12.4 Å². The fourth-order valence-corrected chi connectivity index (χ4v) is 4.78. The van der Waals surface area contributed by atoms with Crippen molar-refractivity contribution >= 4 is 6.16 Å². The fourth-order valence-electron chi connectivity index (χ4n) is 4.78. The van der Waals surface area contributed by atoms with E-state index in [-0.39, 0.29) is 17.6 Å². The SMILES string of the molecule is CC(OC(=O)OC1CCCC(C)(C(C)C)C1)OC1CCCC(C)(C(C)C)C1. The number of rotatable bonds is 6. The number of ether oxygens (including phenoxy) is 3. The van der Waals surface area contributed by atoms with Crippen LogP contribution in [0.15, 0.2) is 0 Å². The summed E-state index contributed by atoms with van der Waals surface area (Å²) in [5, 5.41) is 0. The van der Waals surface area contributed by atoms with Gasteiger partial charge in [-0.3, -0.25) is 0 Å². The van der Waals surface area contributed by atoms with Crippen LogP contribution in [0.2, 0.25) is 0 Å². The highest BCUT2D eigenvalue weighted by Gasteiger charge is 2.38. The minimum Gasteiger partial charge on any atom is -0.431 e. The van der Waals surface area contributed by atoms with Crippen LogP contribution >= 0.6 is 0 Å². The fraction of sp³-hybridized carbons (Fsp3) is 0.957. The molecule has 0 N–H and O–H groups in total. The van der Waals surface area contributed by atoms with Gasteiger partial charge >= 0.3 is 6.16 Å². The van der Waals surface area contributed by atoms with Crippen molar-refractivity contribution in [3.05, 3.63) is 0 Å². The van der Waals surface area contributed by atoms with Gasteiger partial charge in [0, 0.05) is 0 Å². The molecule has 0 aromatic rings. The molecule has 0 aromatic carbocycles. The molecule has 0 amide bonds. The lowest BCUT2D eigenvalue weighted by atomic mass is 9.67. The lowest BCUT2D eigenvalue weighted by Gasteiger charge is -2.42. The quantitative estimate of drug-likeness (QED) is 0.378. The average molecular weight is 383 g/mol. The molecule has 2 aliphatic carbocycles. The van der Waals surface area contributed by atoms with Crippen molar-refractivity contribution in [3.8, 4) is 0 Å². The van der Waals surface area contributed by atoms with Crippen LogP contribution in [0.3, 0.4) is 0 Å². The minimum atomic E-state index is -0.581. The summed E-state index contributed by atoms with van der Waals surface area (Å²) >= 11 is 0. The Balaban J connectivity index is 1.78. The first-order chi connectivity index (χ1) is 12.5. The molecule has 158 valence electrons. The highest BCUT2D eigenvalue weighted by molar-refractivity contribution is 5.60. The third kappa shape index (κ3) is 6.10. The Morgan fingerprint density at radius 2 is 1.33 bits per heavy atom. The third-order valence-electron chi connectivity index (χ3n) is 7.63. The van der Waals surface area contributed by atoms with Crippen LogP contribution in [0.5, 0.6) is 0 Å². The van der Waals surface area contributed by atoms with Gasteiger partial charge in [0.25, 0.3) is 0 Å². The largest absolute Gasteiger partial charge is 0.510 e. The first kappa shape index (κ1) is 22.5. The molecule has 0 spiro atoms. The first-order valence-corrected chi connectivity index (χ1v) is 11.1. The van der Waals surface area contributed by atoms with E-state index in [9.17, 15) is 4.79 Å². The summed E-state index contributed by atoms with van der Waals surface area (Å²) in [6, 6.07) is 0. The Kier molecular flexibility index (Phi) is 7.63. The van der Waals surface area contributed by atoms with E-state index in [1.807, 2.05) is 6.92 Å². The summed E-state index contributed by atoms with van der Waals surface area (Å²) in [5.41, 5.74) is 0.557. The van der Waals surface area contributed by atoms with E-state index in [0.29, 0.717) is 17.3 Å². The van der Waals surface area contributed by atoms with Gasteiger partial charge in [0.05, 0.1) is 6.10 Å². The predicted molar refractivity (Wildman–Crippen MR) is 109 cm³/mol. The molecule has 27 heavy (non-hydrogen) atoms. The molecule has 2 saturated carbocycles. The van der Waals surface area contributed by atoms with Crippen LogP contribution in [-0.4, -0.2) is 24.7 Å². The molecular formula is C23H42O4. The summed E-state index contributed by atoms with van der Waals surface area (Å²) in [7, 11) is 0. The van der Waals surface area contributed by atoms with Gasteiger partial charge in [0.2, 0.25) is 6.29 Å². The molecular weight excluding hydrogens is 340 g/mol. The zero-order valence-electron chi connectivity index (χ0n) is 18.7. The van der Waals surface area contributed by atoms with Gasteiger partial charge in [-0.05, 0) is 74.5 Å². The van der Waals surface area contributed by atoms with E-state index in [1.54, 1.807) is 0 Å². The van der Waals surface area contributed by atoms with E-state index in [2.05, 4.69) is 41.5 Å². The molecule has 0 bridgehead atoms. The lowest BCUT2D eigenvalue weighted by Crippen LogP contribution is -2.38. The van der Waals surface area contributed by atoms with Crippen molar-refractivity contribution in [1.82, 2.24) is 0 Å². The molecule has 5 atom stereocenters. The van der Waals surface area contributed by atoms with E-state index >= 15 is 0 Å². The van der Waals surface area contributed by atoms with Gasteiger partial charge in [0.1, 0.15) is 6.10 Å². The Morgan fingerprint density at radius 3 is 1.85 bits per heavy atom. The third-order valence-corrected chi connectivity index (χ3v) is 7.63. The molecule has 0 aliphatic heterocycles. The van der Waals surface area contributed by atoms with E-state index in [4.69, 9.17) is 14.2 Å². The van der Waals surface area contributed by atoms with Crippen molar-refractivity contribution in [2.75, 3.05) is 0 Å². The van der Waals surface area contributed by atoms with Gasteiger partial charge < -0.3 is 14.2 Å². The maximum absolute atomic E-state index is 12.3. The van der Waals surface area contributed by atoms with E-state index in [1.165, 1.54) is 19.3 Å². The summed E-state index contributed by atoms with van der Waals surface area (Å²) < 4.78 is 17.1. The molecule has 5 unspecified atom stereocenters. The molecule has 0 aromatic heterocycles. The summed E-state index contributed by atoms with van der Waals surface area (Å²) in [6.45, 7) is 15.5. The highest BCUT2D eigenvalue weighted by atomic mass is 16.8. The smallest absolute Gasteiger partial charge is 0.431 e. The summed E-state index contributed by atoms with van der Waals surface area (Å²) in [6.07, 6.45) is 7.64. The average Bonchev–Trinajstić information content (AvgIpc) is 2.54. The van der Waals surface area contributed by atoms with Crippen molar-refractivity contribution in [2.24, 2.45) is 22.7 Å². The Hall–Kier alpha value is -0.770. The van der Waals surface area contributed by atoms with Gasteiger partial charge in [-0.2, -0.15) is 0 Å². The second kappa shape index (κ2) is 9.15. The van der Waals surface area contributed by atoms with Crippen LogP contribution < -0.4 is 0 Å². The van der Waals surface area contributed by atoms with Gasteiger partial charge in [0.15, 0.2) is 0 Å². The van der Waals surface area contributed by atoms with Gasteiger partial charge in [-0.15, -0.1) is 0 Å². The Morgan fingerprint density at radius 1 is 0.852 bits per heavy atom. The predicted octanol–water partition coefficient (Wildman–Crippen LogP) is 6.71. The zero-order valence-corrected chi connectivity index (χ0v) is 18.7. The number of hydrogen-bond acceptors (Lipinski definition) is 4. The van der Waals surface area contributed by atoms with Crippen LogP contribution in [-0.2, 0) is 14.2 Å². The standard InChI is InChI=1S/C23H42O4/c1-16(2)22(6)12-8-10-19(14-22)25-18(5)26-21(24)27-20-11-9-13-23(7,15-20)17(3)4/h16-20H,8-15H2,1-7H3. The molecule has 4 heteroatoms. The molecule has 4 nitrogen and oxygen atoms in total. The molecule has 0 saturated heterocycles. The Bertz CT molecular complexity index is 489. The van der Waals surface area contributed by atoms with Crippen molar-refractivity contribution in [1.29, 1.82) is 0 Å². The number of carbonyl (C=O) groups is 1. The minimum absolute atomic E-state index is 0.0373. The van der Waals surface area contributed by atoms with Gasteiger partial charge in [-0.1, -0.05) is 48.0 Å². The van der Waals surface area contributed by atoms with Crippen LogP contribution in [0, 0.1) is 22.7 Å². The van der Waals surface area contributed by atoms with Crippen LogP contribution in [0.4, 0.5) is 4.79 Å². The number of carbonyl (C=O) groups excluding carboxylic acids is 1. The zero-order chi connectivity index (χ0) is 20.2. The molecule has 0 radical (unpaired) electrons. The van der Waals surface area contributed by atoms with Crippen molar-refractivity contribution < 1.29 is 19.0 Å². The number of hydrogen-bond donors (Lipinski definition) is 0. The van der Waals surface area contributed by atoms with Crippen molar-refractivity contribution in [2.45, 2.75) is 118 Å². The molecule has 2 rings (SSSR count). The van der Waals surface area contributed by atoms with E-state index in [0.717, 1.165) is 32.1 Å². The first-order valence-electron chi connectivity index (χ1n) is 11.1. The topological polar surface area (TPSA) is 44.8 Å². The second-order valence-electron chi connectivity index (χ2n) is 10.2. The molecule has 0 heterocycles. The summed E-state index contributed by atoms with van der Waals surface area (Å²) in [4.78, 5) is 12.3. The molecule has 2 fully saturated rings. The maximum atomic E-state index is 12.3. The summed E-state index contributed by atoms with van der Waals surface area (Å²) in [5.74, 6) is 1.22. The van der Waals surface area contributed by atoms with Crippen LogP contribution in [0.1, 0.15) is 99.8 Å². The van der Waals surface area contributed by atoms with Crippen LogP contribution in [0.25, 0.3) is 0 Å². The second-order valence-corrected chi connectivity index (χ2v) is 10.2. The lowest BCUT2D eigenvalue weighted by molar-refractivity contribution is -0.164. The monoisotopic (exact) mass is 382 g/mol. The van der Waals surface area contributed by atoms with Gasteiger partial charge in [-0.25, -0.2) is 4.79 Å².